The molecule has 0 aromatic rings. The largest absolute Gasteiger partial charge is 0.242 e. The lowest BCUT2D eigenvalue weighted by Crippen LogP contribution is -2.09. The average molecular weight is 240 g/mol. The molecule has 1 nitrogen and oxygen atoms in total. The van der Waals surface area contributed by atoms with Gasteiger partial charge in [-0.05, 0) is 24.7 Å². The third-order valence-corrected chi connectivity index (χ3v) is 3.92. The van der Waals surface area contributed by atoms with Gasteiger partial charge in [-0.1, -0.05) is 66.2 Å². The van der Waals surface area contributed by atoms with Crippen molar-refractivity contribution >= 4 is 0 Å². The van der Waals surface area contributed by atoms with Gasteiger partial charge >= 0.3 is 0 Å². The van der Waals surface area contributed by atoms with Crippen molar-refractivity contribution in [3.63, 3.8) is 0 Å². The Morgan fingerprint density at radius 1 is 0.706 bits per heavy atom. The van der Waals surface area contributed by atoms with E-state index in [9.17, 15) is 0 Å². The second-order valence-corrected chi connectivity index (χ2v) is 5.69. The van der Waals surface area contributed by atoms with Gasteiger partial charge in [-0.3, -0.25) is 0 Å². The molecule has 0 N–H and O–H groups in total. The van der Waals surface area contributed by atoms with Gasteiger partial charge in [0.2, 0.25) is 0 Å². The van der Waals surface area contributed by atoms with Gasteiger partial charge in [-0.15, -0.1) is 0 Å². The smallest absolute Gasteiger partial charge is 0.0133 e. The van der Waals surface area contributed by atoms with Gasteiger partial charge in [0.25, 0.3) is 0 Å². The summed E-state index contributed by atoms with van der Waals surface area (Å²) in [5.41, 5.74) is 0. The number of hydrogen-bond acceptors (Lipinski definition) is 0. The molecular formula is C16H34N. The summed E-state index contributed by atoms with van der Waals surface area (Å²) >= 11 is 0. The van der Waals surface area contributed by atoms with E-state index in [2.05, 4.69) is 33.0 Å². The van der Waals surface area contributed by atoms with Gasteiger partial charge in [-0.25, -0.2) is 5.32 Å². The predicted molar refractivity (Wildman–Crippen MR) is 78.5 cm³/mol. The fourth-order valence-electron chi connectivity index (χ4n) is 1.95. The number of hydrogen-bond donors (Lipinski definition) is 0. The lowest BCUT2D eigenvalue weighted by atomic mass is 10.0. The summed E-state index contributed by atoms with van der Waals surface area (Å²) in [5.74, 6) is 1.82. The summed E-state index contributed by atoms with van der Waals surface area (Å²) in [6.45, 7) is 11.5. The molecule has 0 heterocycles. The molecule has 0 fully saturated rings. The summed E-state index contributed by atoms with van der Waals surface area (Å²) in [7, 11) is 0. The SMILES string of the molecule is CCC(C)CCCC[N]CCCCC(C)CC. The van der Waals surface area contributed by atoms with Crippen molar-refractivity contribution in [3.8, 4) is 0 Å². The van der Waals surface area contributed by atoms with Crippen molar-refractivity contribution in [2.75, 3.05) is 13.1 Å². The van der Waals surface area contributed by atoms with Crippen LogP contribution in [0.1, 0.15) is 79.1 Å². The zero-order valence-electron chi connectivity index (χ0n) is 12.7. The van der Waals surface area contributed by atoms with Crippen LogP contribution in [-0.2, 0) is 0 Å². The summed E-state index contributed by atoms with van der Waals surface area (Å²) in [5, 5.41) is 4.62. The zero-order valence-corrected chi connectivity index (χ0v) is 12.7. The van der Waals surface area contributed by atoms with E-state index in [-0.39, 0.29) is 0 Å². The first-order valence-corrected chi connectivity index (χ1v) is 7.83. The molecule has 2 unspecified atom stereocenters. The van der Waals surface area contributed by atoms with Crippen LogP contribution in [0.25, 0.3) is 0 Å². The first kappa shape index (κ1) is 17.0. The van der Waals surface area contributed by atoms with E-state index < -0.39 is 0 Å². The van der Waals surface area contributed by atoms with Crippen LogP contribution in [0.4, 0.5) is 0 Å². The van der Waals surface area contributed by atoms with Crippen molar-refractivity contribution in [2.45, 2.75) is 79.1 Å². The first-order chi connectivity index (χ1) is 8.20. The Labute approximate surface area is 110 Å². The second-order valence-electron chi connectivity index (χ2n) is 5.69. The van der Waals surface area contributed by atoms with Gasteiger partial charge < -0.3 is 0 Å². The van der Waals surface area contributed by atoms with E-state index in [1.807, 2.05) is 0 Å². The molecule has 0 aromatic heterocycles. The van der Waals surface area contributed by atoms with Gasteiger partial charge in [0.1, 0.15) is 0 Å². The molecule has 0 aliphatic rings. The average Bonchev–Trinajstić information content (AvgIpc) is 2.35. The minimum Gasteiger partial charge on any atom is -0.242 e. The molecule has 0 bridgehead atoms. The molecule has 0 rings (SSSR count). The third kappa shape index (κ3) is 12.2. The highest BCUT2D eigenvalue weighted by Crippen LogP contribution is 2.11. The highest BCUT2D eigenvalue weighted by Gasteiger charge is 1.99. The molecule has 0 aliphatic heterocycles. The quantitative estimate of drug-likeness (QED) is 0.425. The van der Waals surface area contributed by atoms with E-state index in [0.29, 0.717) is 0 Å². The molecule has 2 atom stereocenters. The van der Waals surface area contributed by atoms with E-state index >= 15 is 0 Å². The van der Waals surface area contributed by atoms with Crippen LogP contribution in [0.15, 0.2) is 0 Å². The minimum atomic E-state index is 0.908. The molecule has 0 saturated carbocycles. The zero-order chi connectivity index (χ0) is 12.9. The highest BCUT2D eigenvalue weighted by atomic mass is 14.8. The second kappa shape index (κ2) is 12.4. The maximum absolute atomic E-state index is 4.62. The molecule has 1 radical (unpaired) electrons. The van der Waals surface area contributed by atoms with Crippen LogP contribution in [0, 0.1) is 11.8 Å². The van der Waals surface area contributed by atoms with Crippen molar-refractivity contribution in [1.29, 1.82) is 0 Å². The lowest BCUT2D eigenvalue weighted by Gasteiger charge is -2.08. The van der Waals surface area contributed by atoms with Crippen molar-refractivity contribution in [2.24, 2.45) is 11.8 Å². The van der Waals surface area contributed by atoms with Gasteiger partial charge in [0, 0.05) is 13.1 Å². The first-order valence-electron chi connectivity index (χ1n) is 7.83. The number of nitrogens with zero attached hydrogens (tertiary/aromatic N) is 1. The normalized spacial score (nSPS) is 14.8. The van der Waals surface area contributed by atoms with E-state index in [0.717, 1.165) is 24.9 Å². The predicted octanol–water partition coefficient (Wildman–Crippen LogP) is 5.02. The molecule has 0 amide bonds. The lowest BCUT2D eigenvalue weighted by molar-refractivity contribution is 0.459. The Balaban J connectivity index is 3.04. The molecule has 0 aliphatic carbocycles. The van der Waals surface area contributed by atoms with E-state index in [1.165, 1.54) is 51.4 Å². The molecule has 0 spiro atoms. The van der Waals surface area contributed by atoms with Crippen LogP contribution in [0.2, 0.25) is 0 Å². The van der Waals surface area contributed by atoms with Crippen LogP contribution < -0.4 is 5.32 Å². The molecule has 1 heteroatoms. The summed E-state index contributed by atoms with van der Waals surface area (Å²) < 4.78 is 0. The minimum absolute atomic E-state index is 0.908. The molecular weight excluding hydrogens is 206 g/mol. The van der Waals surface area contributed by atoms with E-state index in [1.54, 1.807) is 0 Å². The Morgan fingerprint density at radius 3 is 1.47 bits per heavy atom. The Bertz CT molecular complexity index is 128. The van der Waals surface area contributed by atoms with Crippen LogP contribution >= 0.6 is 0 Å². The van der Waals surface area contributed by atoms with Gasteiger partial charge in [0.15, 0.2) is 0 Å². The van der Waals surface area contributed by atoms with Gasteiger partial charge in [0.05, 0.1) is 0 Å². The Hall–Kier alpha value is -0.0400. The van der Waals surface area contributed by atoms with Crippen LogP contribution in [0.3, 0.4) is 0 Å². The van der Waals surface area contributed by atoms with Gasteiger partial charge in [-0.2, -0.15) is 0 Å². The van der Waals surface area contributed by atoms with E-state index in [4.69, 9.17) is 0 Å². The Kier molecular flexibility index (Phi) is 12.4. The summed E-state index contributed by atoms with van der Waals surface area (Å²) in [4.78, 5) is 0. The number of unbranched alkanes of at least 4 members (excludes halogenated alkanes) is 2. The van der Waals surface area contributed by atoms with Crippen molar-refractivity contribution < 1.29 is 0 Å². The molecule has 17 heavy (non-hydrogen) atoms. The topological polar surface area (TPSA) is 14.1 Å². The summed E-state index contributed by atoms with van der Waals surface area (Å²) in [6.07, 6.45) is 10.8. The third-order valence-electron chi connectivity index (χ3n) is 3.92. The molecule has 0 aromatic carbocycles. The van der Waals surface area contributed by atoms with Crippen LogP contribution in [0.5, 0.6) is 0 Å². The number of rotatable bonds is 12. The van der Waals surface area contributed by atoms with Crippen LogP contribution in [-0.4, -0.2) is 13.1 Å². The van der Waals surface area contributed by atoms with Crippen molar-refractivity contribution in [1.82, 2.24) is 5.32 Å². The monoisotopic (exact) mass is 240 g/mol. The maximum atomic E-state index is 4.62. The fraction of sp³-hybridized carbons (Fsp3) is 1.00. The van der Waals surface area contributed by atoms with Crippen molar-refractivity contribution in [3.05, 3.63) is 0 Å². The molecule has 0 saturated heterocycles. The molecule has 103 valence electrons. The highest BCUT2D eigenvalue weighted by molar-refractivity contribution is 4.55. The fourth-order valence-corrected chi connectivity index (χ4v) is 1.95. The summed E-state index contributed by atoms with van der Waals surface area (Å²) in [6, 6.07) is 0. The maximum Gasteiger partial charge on any atom is 0.0133 e. The Morgan fingerprint density at radius 2 is 1.12 bits per heavy atom. The standard InChI is InChI=1S/C16H34N/c1-5-15(3)11-7-9-13-17-14-10-8-12-16(4)6-2/h15-16H,5-14H2,1-4H3.